The SMILES string of the molecule is CCC1c2ccccc2C(=O)N1CC.NC=O.NCN. The van der Waals surface area contributed by atoms with E-state index in [1.807, 2.05) is 30.0 Å². The molecule has 6 heteroatoms. The number of hydrogen-bond donors (Lipinski definition) is 3. The van der Waals surface area contributed by atoms with Crippen molar-refractivity contribution in [3.8, 4) is 0 Å². The molecule has 1 aliphatic rings. The number of carbonyl (C=O) groups excluding carboxylic acids is 2. The van der Waals surface area contributed by atoms with Crippen molar-refractivity contribution in [2.75, 3.05) is 13.2 Å². The zero-order valence-electron chi connectivity index (χ0n) is 12.1. The second-order valence-corrected chi connectivity index (χ2v) is 3.97. The lowest BCUT2D eigenvalue weighted by molar-refractivity contribution is -0.106. The summed E-state index contributed by atoms with van der Waals surface area (Å²) in [4.78, 5) is 22.5. The third-order valence-electron chi connectivity index (χ3n) is 2.91. The normalized spacial score (nSPS) is 15.5. The molecule has 0 spiro atoms. The number of benzene rings is 1. The van der Waals surface area contributed by atoms with Crippen LogP contribution in [0.1, 0.15) is 42.2 Å². The predicted octanol–water partition coefficient (Wildman–Crippen LogP) is 0.576. The number of primary amides is 1. The predicted molar refractivity (Wildman–Crippen MR) is 79.7 cm³/mol. The van der Waals surface area contributed by atoms with Gasteiger partial charge in [0.05, 0.1) is 6.04 Å². The van der Waals surface area contributed by atoms with Crippen LogP contribution >= 0.6 is 0 Å². The van der Waals surface area contributed by atoms with Crippen molar-refractivity contribution in [3.63, 3.8) is 0 Å². The summed E-state index contributed by atoms with van der Waals surface area (Å²) >= 11 is 0. The van der Waals surface area contributed by atoms with Crippen molar-refractivity contribution >= 4 is 12.3 Å². The molecule has 6 nitrogen and oxygen atoms in total. The average molecular weight is 280 g/mol. The van der Waals surface area contributed by atoms with Gasteiger partial charge in [0, 0.05) is 18.8 Å². The van der Waals surface area contributed by atoms with Crippen LogP contribution in [0, 0.1) is 0 Å². The Kier molecular flexibility index (Phi) is 8.98. The summed E-state index contributed by atoms with van der Waals surface area (Å²) in [6.07, 6.45) is 1.25. The van der Waals surface area contributed by atoms with Crippen LogP contribution in [0.15, 0.2) is 24.3 Å². The molecule has 0 bridgehead atoms. The molecule has 112 valence electrons. The molecule has 1 unspecified atom stereocenters. The van der Waals surface area contributed by atoms with E-state index in [4.69, 9.17) is 4.79 Å². The molecule has 1 aromatic carbocycles. The van der Waals surface area contributed by atoms with Crippen LogP contribution in [0.4, 0.5) is 0 Å². The van der Waals surface area contributed by atoms with Gasteiger partial charge in [-0.25, -0.2) is 0 Å². The van der Waals surface area contributed by atoms with E-state index in [1.54, 1.807) is 0 Å². The number of nitrogens with two attached hydrogens (primary N) is 3. The first-order valence-electron chi connectivity index (χ1n) is 6.58. The van der Waals surface area contributed by atoms with Crippen LogP contribution in [-0.2, 0) is 4.79 Å². The maximum Gasteiger partial charge on any atom is 0.254 e. The third-order valence-corrected chi connectivity index (χ3v) is 2.91. The van der Waals surface area contributed by atoms with Gasteiger partial charge in [0.15, 0.2) is 0 Å². The van der Waals surface area contributed by atoms with Gasteiger partial charge >= 0.3 is 0 Å². The molecule has 0 saturated carbocycles. The maximum atomic E-state index is 11.9. The molecule has 1 heterocycles. The summed E-state index contributed by atoms with van der Waals surface area (Å²) in [5, 5.41) is 0. The van der Waals surface area contributed by atoms with E-state index < -0.39 is 0 Å². The molecule has 2 amide bonds. The van der Waals surface area contributed by atoms with Gasteiger partial charge in [0.25, 0.3) is 5.91 Å². The topological polar surface area (TPSA) is 115 Å². The molecule has 2 rings (SSSR count). The van der Waals surface area contributed by atoms with Crippen molar-refractivity contribution in [3.05, 3.63) is 35.4 Å². The first-order chi connectivity index (χ1) is 9.62. The number of amides is 2. The quantitative estimate of drug-likeness (QED) is 0.542. The number of carbonyl (C=O) groups is 2. The summed E-state index contributed by atoms with van der Waals surface area (Å²) in [6.45, 7) is 5.21. The first kappa shape index (κ1) is 18.1. The van der Waals surface area contributed by atoms with E-state index >= 15 is 0 Å². The zero-order chi connectivity index (χ0) is 15.5. The van der Waals surface area contributed by atoms with E-state index in [0.717, 1.165) is 18.5 Å². The highest BCUT2D eigenvalue weighted by atomic mass is 16.2. The smallest absolute Gasteiger partial charge is 0.254 e. The van der Waals surface area contributed by atoms with Gasteiger partial charge in [0.1, 0.15) is 0 Å². The molecule has 20 heavy (non-hydrogen) atoms. The van der Waals surface area contributed by atoms with E-state index in [2.05, 4.69) is 30.2 Å². The van der Waals surface area contributed by atoms with E-state index in [0.29, 0.717) is 6.04 Å². The van der Waals surface area contributed by atoms with Gasteiger partial charge < -0.3 is 22.1 Å². The molecule has 1 aliphatic heterocycles. The Balaban J connectivity index is 0.000000520. The Morgan fingerprint density at radius 3 is 2.20 bits per heavy atom. The monoisotopic (exact) mass is 280 g/mol. The number of rotatable bonds is 2. The Morgan fingerprint density at radius 1 is 1.25 bits per heavy atom. The zero-order valence-corrected chi connectivity index (χ0v) is 12.1. The highest BCUT2D eigenvalue weighted by Gasteiger charge is 2.33. The minimum atomic E-state index is 0.190. The summed E-state index contributed by atoms with van der Waals surface area (Å²) in [5.41, 5.74) is 15.5. The van der Waals surface area contributed by atoms with Crippen molar-refractivity contribution in [2.45, 2.75) is 26.3 Å². The Bertz CT molecular complexity index is 423. The molecule has 0 aliphatic carbocycles. The average Bonchev–Trinajstić information content (AvgIpc) is 2.73. The van der Waals surface area contributed by atoms with Crippen LogP contribution in [0.5, 0.6) is 0 Å². The first-order valence-corrected chi connectivity index (χ1v) is 6.58. The van der Waals surface area contributed by atoms with Gasteiger partial charge in [-0.2, -0.15) is 0 Å². The lowest BCUT2D eigenvalue weighted by Crippen LogP contribution is -2.27. The minimum Gasteiger partial charge on any atom is -0.372 e. The third kappa shape index (κ3) is 4.32. The largest absolute Gasteiger partial charge is 0.372 e. The van der Waals surface area contributed by atoms with E-state index in [1.165, 1.54) is 5.56 Å². The fraction of sp³-hybridized carbons (Fsp3) is 0.429. The van der Waals surface area contributed by atoms with Gasteiger partial charge in [-0.1, -0.05) is 25.1 Å². The van der Waals surface area contributed by atoms with Crippen molar-refractivity contribution in [1.29, 1.82) is 0 Å². The number of hydrogen-bond acceptors (Lipinski definition) is 4. The van der Waals surface area contributed by atoms with Crippen LogP contribution in [0.25, 0.3) is 0 Å². The van der Waals surface area contributed by atoms with Crippen molar-refractivity contribution < 1.29 is 9.59 Å². The Hall–Kier alpha value is -1.92. The fourth-order valence-corrected chi connectivity index (χ4v) is 2.25. The maximum absolute atomic E-state index is 11.9. The van der Waals surface area contributed by atoms with Gasteiger partial charge in [-0.15, -0.1) is 0 Å². The highest BCUT2D eigenvalue weighted by Crippen LogP contribution is 2.34. The van der Waals surface area contributed by atoms with Crippen LogP contribution < -0.4 is 17.2 Å². The minimum absolute atomic E-state index is 0.190. The second kappa shape index (κ2) is 9.94. The summed E-state index contributed by atoms with van der Waals surface area (Å²) in [5.74, 6) is 0.190. The summed E-state index contributed by atoms with van der Waals surface area (Å²) in [6, 6.07) is 8.23. The molecule has 0 radical (unpaired) electrons. The lowest BCUT2D eigenvalue weighted by atomic mass is 10.0. The fourth-order valence-electron chi connectivity index (χ4n) is 2.25. The molecular formula is C14H24N4O2. The lowest BCUT2D eigenvalue weighted by Gasteiger charge is -2.22. The summed E-state index contributed by atoms with van der Waals surface area (Å²) < 4.78 is 0. The molecule has 1 aromatic rings. The number of nitrogens with zero attached hydrogens (tertiary/aromatic N) is 1. The Labute approximate surface area is 119 Å². The van der Waals surface area contributed by atoms with Crippen LogP contribution in [0.3, 0.4) is 0 Å². The number of fused-ring (bicyclic) bond motifs is 1. The standard InChI is InChI=1S/C12H15NO.CH6N2.CH3NO/c1-3-11-9-7-5-6-8-10(9)12(14)13(11)4-2;2*2-1-3/h5-8,11H,3-4H2,1-2H3;1-3H2;1H,(H2,2,3). The van der Waals surface area contributed by atoms with E-state index in [9.17, 15) is 4.79 Å². The highest BCUT2D eigenvalue weighted by molar-refractivity contribution is 5.99. The second-order valence-electron chi connectivity index (χ2n) is 3.97. The van der Waals surface area contributed by atoms with Gasteiger partial charge in [-0.05, 0) is 25.0 Å². The van der Waals surface area contributed by atoms with E-state index in [-0.39, 0.29) is 19.0 Å². The van der Waals surface area contributed by atoms with Crippen molar-refractivity contribution in [2.24, 2.45) is 17.2 Å². The summed E-state index contributed by atoms with van der Waals surface area (Å²) in [7, 11) is 0. The molecule has 0 aromatic heterocycles. The Morgan fingerprint density at radius 2 is 1.75 bits per heavy atom. The molecular weight excluding hydrogens is 256 g/mol. The van der Waals surface area contributed by atoms with Crippen LogP contribution in [-0.4, -0.2) is 30.4 Å². The van der Waals surface area contributed by atoms with Gasteiger partial charge in [-0.3, -0.25) is 9.59 Å². The van der Waals surface area contributed by atoms with Gasteiger partial charge in [0.2, 0.25) is 6.41 Å². The van der Waals surface area contributed by atoms with Crippen LogP contribution in [0.2, 0.25) is 0 Å². The molecule has 1 atom stereocenters. The molecule has 0 saturated heterocycles. The molecule has 0 fully saturated rings. The van der Waals surface area contributed by atoms with Crippen molar-refractivity contribution in [1.82, 2.24) is 4.90 Å². The molecule has 6 N–H and O–H groups in total.